The van der Waals surface area contributed by atoms with Crippen LogP contribution in [0.2, 0.25) is 0 Å². The summed E-state index contributed by atoms with van der Waals surface area (Å²) in [5, 5.41) is 4.09. The molecule has 22 heavy (non-hydrogen) atoms. The topological polar surface area (TPSA) is 60.2 Å². The minimum Gasteiger partial charge on any atom is -0.384 e. The van der Waals surface area contributed by atoms with Crippen LogP contribution < -0.4 is 0 Å². The van der Waals surface area contributed by atoms with Crippen LogP contribution in [0.3, 0.4) is 0 Å². The van der Waals surface area contributed by atoms with Crippen molar-refractivity contribution in [2.24, 2.45) is 5.92 Å². The first kappa shape index (κ1) is 14.7. The minimum absolute atomic E-state index is 0.0863. The molecule has 0 spiro atoms. The van der Waals surface area contributed by atoms with Crippen molar-refractivity contribution in [2.75, 3.05) is 26.8 Å². The van der Waals surface area contributed by atoms with Gasteiger partial charge in [-0.2, -0.15) is 5.10 Å². The Kier molecular flexibility index (Phi) is 4.48. The Bertz CT molecular complexity index is 600. The third-order valence-electron chi connectivity index (χ3n) is 4.10. The van der Waals surface area contributed by atoms with Crippen molar-refractivity contribution in [1.82, 2.24) is 19.7 Å². The normalized spacial score (nSPS) is 21.2. The molecule has 0 unspecified atom stereocenters. The quantitative estimate of drug-likeness (QED) is 0.831. The molecule has 0 aromatic carbocycles. The summed E-state index contributed by atoms with van der Waals surface area (Å²) in [6.45, 7) is 2.30. The van der Waals surface area contributed by atoms with Crippen LogP contribution in [0.1, 0.15) is 11.6 Å². The highest BCUT2D eigenvalue weighted by molar-refractivity contribution is 5.76. The summed E-state index contributed by atoms with van der Waals surface area (Å²) < 4.78 is 6.98. The maximum atomic E-state index is 12.4. The molecule has 0 saturated carbocycles. The zero-order valence-electron chi connectivity index (χ0n) is 12.6. The van der Waals surface area contributed by atoms with Gasteiger partial charge in [0, 0.05) is 56.3 Å². The lowest BCUT2D eigenvalue weighted by atomic mass is 9.93. The Balaban J connectivity index is 1.71. The number of carbonyl (C=O) groups excluding carboxylic acids is 1. The van der Waals surface area contributed by atoms with Gasteiger partial charge in [0.25, 0.3) is 0 Å². The highest BCUT2D eigenvalue weighted by atomic mass is 16.5. The highest BCUT2D eigenvalue weighted by Crippen LogP contribution is 2.31. The van der Waals surface area contributed by atoms with E-state index in [9.17, 15) is 4.79 Å². The zero-order chi connectivity index (χ0) is 15.4. The molecule has 1 saturated heterocycles. The first-order valence-corrected chi connectivity index (χ1v) is 7.43. The fourth-order valence-electron chi connectivity index (χ4n) is 3.02. The molecule has 2 aromatic rings. The van der Waals surface area contributed by atoms with E-state index >= 15 is 0 Å². The van der Waals surface area contributed by atoms with Gasteiger partial charge >= 0.3 is 0 Å². The van der Waals surface area contributed by atoms with Crippen LogP contribution in [0.25, 0.3) is 0 Å². The van der Waals surface area contributed by atoms with E-state index in [0.29, 0.717) is 19.7 Å². The van der Waals surface area contributed by atoms with Crippen LogP contribution in [-0.2, 0) is 16.1 Å². The number of hydrogen-bond donors (Lipinski definition) is 0. The van der Waals surface area contributed by atoms with E-state index in [1.807, 2.05) is 29.2 Å². The minimum atomic E-state index is 0.0863. The van der Waals surface area contributed by atoms with Crippen molar-refractivity contribution < 1.29 is 9.53 Å². The van der Waals surface area contributed by atoms with Crippen LogP contribution in [0.15, 0.2) is 42.9 Å². The molecule has 2 atom stereocenters. The highest BCUT2D eigenvalue weighted by Gasteiger charge is 2.36. The van der Waals surface area contributed by atoms with Gasteiger partial charge in [-0.05, 0) is 18.2 Å². The van der Waals surface area contributed by atoms with Gasteiger partial charge in [-0.25, -0.2) is 0 Å². The average molecular weight is 300 g/mol. The summed E-state index contributed by atoms with van der Waals surface area (Å²) in [6, 6.07) is 7.74. The van der Waals surface area contributed by atoms with Crippen LogP contribution in [0, 0.1) is 5.92 Å². The molecule has 2 aromatic heterocycles. The third kappa shape index (κ3) is 3.17. The Morgan fingerprint density at radius 1 is 1.32 bits per heavy atom. The number of pyridine rings is 1. The van der Waals surface area contributed by atoms with E-state index in [0.717, 1.165) is 5.69 Å². The van der Waals surface area contributed by atoms with Gasteiger partial charge < -0.3 is 9.64 Å². The number of ether oxygens (including phenoxy) is 1. The third-order valence-corrected chi connectivity index (χ3v) is 4.10. The van der Waals surface area contributed by atoms with Gasteiger partial charge in [0.1, 0.15) is 6.54 Å². The second-order valence-electron chi connectivity index (χ2n) is 5.58. The van der Waals surface area contributed by atoms with E-state index in [1.54, 1.807) is 30.4 Å². The molecule has 1 amide bonds. The molecule has 6 nitrogen and oxygen atoms in total. The summed E-state index contributed by atoms with van der Waals surface area (Å²) in [5.41, 5.74) is 1.03. The Morgan fingerprint density at radius 2 is 2.23 bits per heavy atom. The second-order valence-corrected chi connectivity index (χ2v) is 5.58. The van der Waals surface area contributed by atoms with E-state index in [4.69, 9.17) is 4.74 Å². The molecule has 1 fully saturated rings. The molecule has 0 bridgehead atoms. The maximum Gasteiger partial charge on any atom is 0.244 e. The van der Waals surface area contributed by atoms with Gasteiger partial charge in [0.05, 0.1) is 6.61 Å². The summed E-state index contributed by atoms with van der Waals surface area (Å²) in [4.78, 5) is 18.8. The van der Waals surface area contributed by atoms with Crippen molar-refractivity contribution in [1.29, 1.82) is 0 Å². The number of carbonyl (C=O) groups is 1. The van der Waals surface area contributed by atoms with Crippen molar-refractivity contribution in [3.8, 4) is 0 Å². The van der Waals surface area contributed by atoms with Crippen LogP contribution in [-0.4, -0.2) is 52.4 Å². The van der Waals surface area contributed by atoms with Crippen molar-refractivity contribution in [3.63, 3.8) is 0 Å². The zero-order valence-corrected chi connectivity index (χ0v) is 12.6. The Morgan fingerprint density at radius 3 is 2.91 bits per heavy atom. The molecule has 0 aliphatic carbocycles. The first-order chi connectivity index (χ1) is 10.8. The van der Waals surface area contributed by atoms with Gasteiger partial charge in [0.15, 0.2) is 0 Å². The smallest absolute Gasteiger partial charge is 0.244 e. The van der Waals surface area contributed by atoms with Gasteiger partial charge in [-0.1, -0.05) is 6.07 Å². The molecule has 1 aliphatic heterocycles. The van der Waals surface area contributed by atoms with E-state index in [1.165, 1.54) is 0 Å². The SMILES string of the molecule is COC[C@@H]1CN(C(=O)Cn2cccn2)C[C@H]1c1ccccn1. The Hall–Kier alpha value is -2.21. The largest absolute Gasteiger partial charge is 0.384 e. The molecule has 0 radical (unpaired) electrons. The van der Waals surface area contributed by atoms with Crippen LogP contribution in [0.4, 0.5) is 0 Å². The number of hydrogen-bond acceptors (Lipinski definition) is 4. The molecular weight excluding hydrogens is 280 g/mol. The molecule has 3 heterocycles. The standard InChI is InChI=1S/C16H20N4O2/c1-22-12-13-9-19(16(21)11-20-8-4-7-18-20)10-14(13)15-5-2-3-6-17-15/h2-8,13-14H,9-12H2,1H3/t13-,14+/m0/s1. The number of likely N-dealkylation sites (tertiary alicyclic amines) is 1. The molecule has 116 valence electrons. The molecule has 3 rings (SSSR count). The number of methoxy groups -OCH3 is 1. The van der Waals surface area contributed by atoms with E-state index < -0.39 is 0 Å². The molecule has 0 N–H and O–H groups in total. The van der Waals surface area contributed by atoms with Crippen LogP contribution >= 0.6 is 0 Å². The van der Waals surface area contributed by atoms with Crippen molar-refractivity contribution in [3.05, 3.63) is 48.5 Å². The van der Waals surface area contributed by atoms with Gasteiger partial charge in [-0.3, -0.25) is 14.5 Å². The van der Waals surface area contributed by atoms with E-state index in [-0.39, 0.29) is 24.3 Å². The number of rotatable bonds is 5. The fraction of sp³-hybridized carbons (Fsp3) is 0.438. The predicted octanol–water partition coefficient (Wildman–Crippen LogP) is 1.17. The summed E-state index contributed by atoms with van der Waals surface area (Å²) >= 11 is 0. The Labute approximate surface area is 129 Å². The lowest BCUT2D eigenvalue weighted by Crippen LogP contribution is -2.32. The maximum absolute atomic E-state index is 12.4. The van der Waals surface area contributed by atoms with Crippen molar-refractivity contribution in [2.45, 2.75) is 12.5 Å². The van der Waals surface area contributed by atoms with E-state index in [2.05, 4.69) is 10.1 Å². The summed E-state index contributed by atoms with van der Waals surface area (Å²) in [7, 11) is 1.70. The van der Waals surface area contributed by atoms with Crippen LogP contribution in [0.5, 0.6) is 0 Å². The monoisotopic (exact) mass is 300 g/mol. The molecule has 6 heteroatoms. The first-order valence-electron chi connectivity index (χ1n) is 7.43. The summed E-state index contributed by atoms with van der Waals surface area (Å²) in [6.07, 6.45) is 5.28. The van der Waals surface area contributed by atoms with Gasteiger partial charge in [0.2, 0.25) is 5.91 Å². The van der Waals surface area contributed by atoms with Crippen molar-refractivity contribution >= 4 is 5.91 Å². The second kappa shape index (κ2) is 6.70. The fourth-order valence-corrected chi connectivity index (χ4v) is 3.02. The number of nitrogens with zero attached hydrogens (tertiary/aromatic N) is 4. The number of amides is 1. The molecular formula is C16H20N4O2. The number of aromatic nitrogens is 3. The summed E-state index contributed by atoms with van der Waals surface area (Å²) in [5.74, 6) is 0.590. The predicted molar refractivity (Wildman–Crippen MR) is 81.2 cm³/mol. The lowest BCUT2D eigenvalue weighted by Gasteiger charge is -2.16. The lowest BCUT2D eigenvalue weighted by molar-refractivity contribution is -0.131. The average Bonchev–Trinajstić information content (AvgIpc) is 3.18. The molecule has 1 aliphatic rings. The van der Waals surface area contributed by atoms with Gasteiger partial charge in [-0.15, -0.1) is 0 Å².